The Balaban J connectivity index is 2.50. The first-order chi connectivity index (χ1) is 4.93. The lowest BCUT2D eigenvalue weighted by Crippen LogP contribution is -1.99. The molecule has 0 aliphatic rings. The Kier molecular flexibility index (Phi) is 2.25. The Morgan fingerprint density at radius 2 is 2.50 bits per heavy atom. The lowest BCUT2D eigenvalue weighted by Gasteiger charge is -1.97. The van der Waals surface area contributed by atoms with Gasteiger partial charge in [-0.25, -0.2) is 10.5 Å². The summed E-state index contributed by atoms with van der Waals surface area (Å²) in [5.74, 6) is 0.509. The Labute approximate surface area is 57.8 Å². The zero-order valence-corrected chi connectivity index (χ0v) is 5.15. The predicted molar refractivity (Wildman–Crippen MR) is 35.0 cm³/mol. The number of nitrogens with one attached hydrogen (secondary N) is 1. The molecule has 0 fully saturated rings. The van der Waals surface area contributed by atoms with Crippen LogP contribution in [0.1, 0.15) is 0 Å². The zero-order valence-electron chi connectivity index (χ0n) is 5.15. The van der Waals surface area contributed by atoms with Gasteiger partial charge in [0, 0.05) is 6.20 Å². The molecule has 0 aromatic carbocycles. The smallest absolute Gasteiger partial charge is 0.320 e. The maximum absolute atomic E-state index is 9.67. The molecular weight excluding hydrogens is 132 g/mol. The third-order valence-corrected chi connectivity index (χ3v) is 0.876. The number of nitrogens with zero attached hydrogens (tertiary/aromatic N) is 1. The van der Waals surface area contributed by atoms with Crippen LogP contribution >= 0.6 is 0 Å². The second-order valence-electron chi connectivity index (χ2n) is 1.53. The fourth-order valence-electron chi connectivity index (χ4n) is 0.508. The standard InChI is InChI=1S/C6H6N2O2/c9-5-10-8-6-3-1-2-4-7-6/h1-5H,(H,7,8). The highest BCUT2D eigenvalue weighted by molar-refractivity contribution is 5.41. The van der Waals surface area contributed by atoms with Crippen LogP contribution in [0.5, 0.6) is 0 Å². The first-order valence-electron chi connectivity index (χ1n) is 2.70. The van der Waals surface area contributed by atoms with E-state index in [1.54, 1.807) is 24.4 Å². The topological polar surface area (TPSA) is 51.2 Å². The molecular formula is C6H6N2O2. The highest BCUT2D eigenvalue weighted by Crippen LogP contribution is 1.97. The summed E-state index contributed by atoms with van der Waals surface area (Å²) in [6.45, 7) is 0.300. The molecule has 0 spiro atoms. The number of carbonyl (C=O) groups excluding carboxylic acids is 1. The molecule has 52 valence electrons. The number of anilines is 1. The third kappa shape index (κ3) is 1.74. The summed E-state index contributed by atoms with van der Waals surface area (Å²) in [5, 5.41) is 0. The molecule has 4 heteroatoms. The van der Waals surface area contributed by atoms with Crippen molar-refractivity contribution in [2.75, 3.05) is 5.48 Å². The molecule has 1 N–H and O–H groups in total. The van der Waals surface area contributed by atoms with E-state index < -0.39 is 0 Å². The van der Waals surface area contributed by atoms with Gasteiger partial charge in [-0.3, -0.25) is 4.79 Å². The summed E-state index contributed by atoms with van der Waals surface area (Å²) < 4.78 is 0. The Hall–Kier alpha value is -1.58. The Morgan fingerprint density at radius 1 is 1.60 bits per heavy atom. The van der Waals surface area contributed by atoms with Gasteiger partial charge in [-0.1, -0.05) is 6.07 Å². The molecule has 0 unspecified atom stereocenters. The molecule has 0 amide bonds. The summed E-state index contributed by atoms with van der Waals surface area (Å²) in [4.78, 5) is 17.7. The van der Waals surface area contributed by atoms with Gasteiger partial charge in [0.1, 0.15) is 0 Å². The Morgan fingerprint density at radius 3 is 3.10 bits per heavy atom. The quantitative estimate of drug-likeness (QED) is 0.490. The number of hydrogen-bond acceptors (Lipinski definition) is 4. The van der Waals surface area contributed by atoms with Crippen LogP contribution < -0.4 is 5.48 Å². The van der Waals surface area contributed by atoms with Gasteiger partial charge in [0.2, 0.25) is 0 Å². The van der Waals surface area contributed by atoms with Gasteiger partial charge in [0.15, 0.2) is 5.82 Å². The van der Waals surface area contributed by atoms with Crippen LogP contribution in [0.2, 0.25) is 0 Å². The molecule has 0 atom stereocenters. The summed E-state index contributed by atoms with van der Waals surface area (Å²) in [7, 11) is 0. The van der Waals surface area contributed by atoms with Crippen molar-refractivity contribution in [3.05, 3.63) is 24.4 Å². The molecule has 4 nitrogen and oxygen atoms in total. The summed E-state index contributed by atoms with van der Waals surface area (Å²) >= 11 is 0. The first kappa shape index (κ1) is 6.54. The lowest BCUT2D eigenvalue weighted by molar-refractivity contribution is -0.126. The summed E-state index contributed by atoms with van der Waals surface area (Å²) in [6.07, 6.45) is 1.59. The molecule has 1 rings (SSSR count). The minimum absolute atomic E-state index is 0.300. The van der Waals surface area contributed by atoms with E-state index in [2.05, 4.69) is 15.3 Å². The van der Waals surface area contributed by atoms with Gasteiger partial charge >= 0.3 is 6.47 Å². The van der Waals surface area contributed by atoms with Crippen LogP contribution in [-0.2, 0) is 9.63 Å². The third-order valence-electron chi connectivity index (χ3n) is 0.876. The van der Waals surface area contributed by atoms with Crippen molar-refractivity contribution in [2.24, 2.45) is 0 Å². The van der Waals surface area contributed by atoms with Gasteiger partial charge in [0.05, 0.1) is 0 Å². The first-order valence-corrected chi connectivity index (χ1v) is 2.70. The van der Waals surface area contributed by atoms with E-state index in [9.17, 15) is 4.79 Å². The number of aromatic nitrogens is 1. The molecule has 0 aliphatic heterocycles. The fraction of sp³-hybridized carbons (Fsp3) is 0. The van der Waals surface area contributed by atoms with Crippen molar-refractivity contribution in [3.63, 3.8) is 0 Å². The fourth-order valence-corrected chi connectivity index (χ4v) is 0.508. The summed E-state index contributed by atoms with van der Waals surface area (Å²) in [5.41, 5.74) is 2.32. The van der Waals surface area contributed by atoms with E-state index in [1.807, 2.05) is 0 Å². The van der Waals surface area contributed by atoms with E-state index in [4.69, 9.17) is 0 Å². The summed E-state index contributed by atoms with van der Waals surface area (Å²) in [6, 6.07) is 5.24. The molecule has 1 heterocycles. The average Bonchev–Trinajstić information content (AvgIpc) is 2.03. The minimum atomic E-state index is 0.300. The van der Waals surface area contributed by atoms with Crippen molar-refractivity contribution < 1.29 is 9.63 Å². The molecule has 0 radical (unpaired) electrons. The molecule has 0 saturated carbocycles. The number of carbonyl (C=O) groups is 1. The van der Waals surface area contributed by atoms with Crippen LogP contribution in [0.3, 0.4) is 0 Å². The SMILES string of the molecule is O=CONc1ccccn1. The molecule has 10 heavy (non-hydrogen) atoms. The number of pyridine rings is 1. The van der Waals surface area contributed by atoms with E-state index in [1.165, 1.54) is 0 Å². The molecule has 0 bridgehead atoms. The van der Waals surface area contributed by atoms with Gasteiger partial charge in [-0.15, -0.1) is 0 Å². The largest absolute Gasteiger partial charge is 0.345 e. The lowest BCUT2D eigenvalue weighted by atomic mass is 10.5. The number of rotatable bonds is 3. The van der Waals surface area contributed by atoms with Crippen LogP contribution in [0.15, 0.2) is 24.4 Å². The molecule has 1 aromatic heterocycles. The van der Waals surface area contributed by atoms with Crippen molar-refractivity contribution in [2.45, 2.75) is 0 Å². The van der Waals surface area contributed by atoms with Crippen LogP contribution in [-0.4, -0.2) is 11.5 Å². The van der Waals surface area contributed by atoms with E-state index in [0.717, 1.165) is 0 Å². The second-order valence-corrected chi connectivity index (χ2v) is 1.53. The van der Waals surface area contributed by atoms with Gasteiger partial charge in [-0.2, -0.15) is 0 Å². The molecule has 1 aromatic rings. The maximum Gasteiger partial charge on any atom is 0.320 e. The van der Waals surface area contributed by atoms with Gasteiger partial charge in [-0.05, 0) is 12.1 Å². The van der Waals surface area contributed by atoms with Crippen molar-refractivity contribution >= 4 is 12.3 Å². The zero-order chi connectivity index (χ0) is 7.23. The maximum atomic E-state index is 9.67. The highest BCUT2D eigenvalue weighted by Gasteiger charge is 1.86. The van der Waals surface area contributed by atoms with Crippen LogP contribution in [0.25, 0.3) is 0 Å². The Bertz CT molecular complexity index is 200. The van der Waals surface area contributed by atoms with Crippen molar-refractivity contribution in [1.29, 1.82) is 0 Å². The van der Waals surface area contributed by atoms with E-state index >= 15 is 0 Å². The van der Waals surface area contributed by atoms with Gasteiger partial charge in [0.25, 0.3) is 0 Å². The molecule has 0 aliphatic carbocycles. The van der Waals surface area contributed by atoms with Crippen molar-refractivity contribution in [1.82, 2.24) is 4.98 Å². The minimum Gasteiger partial charge on any atom is -0.345 e. The normalized spacial score (nSPS) is 8.40. The van der Waals surface area contributed by atoms with Crippen LogP contribution in [0.4, 0.5) is 5.82 Å². The van der Waals surface area contributed by atoms with Crippen molar-refractivity contribution in [3.8, 4) is 0 Å². The monoisotopic (exact) mass is 138 g/mol. The second kappa shape index (κ2) is 3.45. The van der Waals surface area contributed by atoms with E-state index in [-0.39, 0.29) is 0 Å². The average molecular weight is 138 g/mol. The predicted octanol–water partition coefficient (Wildman–Crippen LogP) is 0.581. The highest BCUT2D eigenvalue weighted by atomic mass is 16.7. The van der Waals surface area contributed by atoms with Gasteiger partial charge < -0.3 is 4.84 Å². The van der Waals surface area contributed by atoms with Crippen LogP contribution in [0, 0.1) is 0 Å². The van der Waals surface area contributed by atoms with E-state index in [0.29, 0.717) is 12.3 Å². The molecule has 0 saturated heterocycles. The number of hydrogen-bond donors (Lipinski definition) is 1.